The summed E-state index contributed by atoms with van der Waals surface area (Å²) in [7, 11) is 2.87. The number of nitrogen functional groups attached to an aromatic ring is 1. The largest absolute Gasteiger partial charge is 0.504 e. The minimum absolute atomic E-state index is 0.157. The number of phenolic OH excluding ortho intramolecular Hbond substituents is 1. The second-order valence-electron chi connectivity index (χ2n) is 8.41. The molecule has 3 aromatic rings. The Hall–Kier alpha value is -4.83. The number of ether oxygens (including phenoxy) is 3. The predicted octanol–water partition coefficient (Wildman–Crippen LogP) is 4.58. The Bertz CT molecular complexity index is 1310. The van der Waals surface area contributed by atoms with Crippen molar-refractivity contribution in [2.75, 3.05) is 25.3 Å². The number of carbonyl (C=O) groups excluding carboxylic acids is 3. The number of allylic oxidation sites excluding steroid dienone is 1. The lowest BCUT2D eigenvalue weighted by molar-refractivity contribution is -0.111. The lowest BCUT2D eigenvalue weighted by Gasteiger charge is -2.26. The van der Waals surface area contributed by atoms with Crippen LogP contribution >= 0.6 is 0 Å². The number of carbonyl (C=O) groups is 3. The number of alkyl carbamates (subject to hydrolysis) is 1. The fraction of sp³-hybridized carbons (Fsp3) is 0.207. The number of imide groups is 1. The number of hydrogen-bond acceptors (Lipinski definition) is 8. The Labute approximate surface area is 226 Å². The minimum atomic E-state index is -0.998. The number of nitrogens with one attached hydrogen (secondary N) is 2. The average Bonchev–Trinajstić information content (AvgIpc) is 2.94. The van der Waals surface area contributed by atoms with Crippen LogP contribution in [0.2, 0.25) is 0 Å². The van der Waals surface area contributed by atoms with Crippen molar-refractivity contribution < 1.29 is 33.7 Å². The molecule has 0 saturated heterocycles. The number of hydrogen-bond donors (Lipinski definition) is 4. The van der Waals surface area contributed by atoms with Gasteiger partial charge in [0.2, 0.25) is 5.91 Å². The molecule has 3 amide bonds. The molecule has 0 aliphatic carbocycles. The lowest BCUT2D eigenvalue weighted by Crippen LogP contribution is -2.35. The highest BCUT2D eigenvalue weighted by atomic mass is 16.6. The van der Waals surface area contributed by atoms with Gasteiger partial charge in [-0.2, -0.15) is 0 Å². The normalized spacial score (nSPS) is 12.4. The van der Waals surface area contributed by atoms with Crippen LogP contribution in [0.4, 0.5) is 16.2 Å². The van der Waals surface area contributed by atoms with Gasteiger partial charge < -0.3 is 30.4 Å². The van der Waals surface area contributed by atoms with Crippen LogP contribution < -0.4 is 21.1 Å². The standard InChI is InChI=1S/C29H31N3O7/c1-37-24-17-16-20(18-23(24)33)27(39-29(36)32-28(35)19-10-4-3-5-11-19)25(38-2)14-8-9-15-26(34)31-22-13-7-6-12-21(22)30/h3-7,9-13,15-18,25,27,33H,8,14,30H2,1-2H3,(H,31,34)(H,32,35,36)/b15-9+/t25-,27-/m1/s1. The Balaban J connectivity index is 1.70. The Kier molecular flexibility index (Phi) is 10.5. The molecule has 0 aliphatic heterocycles. The van der Waals surface area contributed by atoms with Crippen molar-refractivity contribution in [2.24, 2.45) is 0 Å². The van der Waals surface area contributed by atoms with Gasteiger partial charge in [0.25, 0.3) is 5.91 Å². The highest BCUT2D eigenvalue weighted by Crippen LogP contribution is 2.33. The maximum absolute atomic E-state index is 12.7. The number of benzene rings is 3. The third kappa shape index (κ3) is 8.34. The molecule has 0 fully saturated rings. The van der Waals surface area contributed by atoms with Crippen LogP contribution in [-0.2, 0) is 14.3 Å². The van der Waals surface area contributed by atoms with Gasteiger partial charge in [-0.1, -0.05) is 42.5 Å². The summed E-state index contributed by atoms with van der Waals surface area (Å²) in [5.41, 5.74) is 7.52. The van der Waals surface area contributed by atoms with E-state index in [0.717, 1.165) is 0 Å². The summed E-state index contributed by atoms with van der Waals surface area (Å²) >= 11 is 0. The van der Waals surface area contributed by atoms with Gasteiger partial charge in [-0.25, -0.2) is 4.79 Å². The molecular weight excluding hydrogens is 502 g/mol. The van der Waals surface area contributed by atoms with E-state index in [-0.39, 0.29) is 23.0 Å². The Morgan fingerprint density at radius 3 is 2.38 bits per heavy atom. The number of nitrogens with two attached hydrogens (primary N) is 1. The molecule has 0 heterocycles. The first-order valence-electron chi connectivity index (χ1n) is 12.1. The van der Waals surface area contributed by atoms with Gasteiger partial charge in [-0.05, 0) is 60.9 Å². The maximum atomic E-state index is 12.7. The van der Waals surface area contributed by atoms with Crippen molar-refractivity contribution >= 4 is 29.3 Å². The van der Waals surface area contributed by atoms with Crippen molar-refractivity contribution in [2.45, 2.75) is 25.0 Å². The zero-order valence-corrected chi connectivity index (χ0v) is 21.6. The molecule has 39 heavy (non-hydrogen) atoms. The van der Waals surface area contributed by atoms with Gasteiger partial charge in [0.05, 0.1) is 24.6 Å². The summed E-state index contributed by atoms with van der Waals surface area (Å²) in [6.07, 6.45) is 1.09. The molecule has 10 nitrogen and oxygen atoms in total. The molecule has 3 aromatic carbocycles. The van der Waals surface area contributed by atoms with E-state index in [1.54, 1.807) is 66.7 Å². The molecule has 3 rings (SSSR count). The van der Waals surface area contributed by atoms with Crippen LogP contribution in [0.5, 0.6) is 11.5 Å². The van der Waals surface area contributed by atoms with E-state index < -0.39 is 24.2 Å². The topological polar surface area (TPSA) is 149 Å². The molecule has 2 atom stereocenters. The number of phenols is 1. The second kappa shape index (κ2) is 14.2. The Morgan fingerprint density at radius 2 is 1.72 bits per heavy atom. The third-order valence-corrected chi connectivity index (χ3v) is 5.76. The van der Waals surface area contributed by atoms with Gasteiger partial charge in [0.15, 0.2) is 17.6 Å². The zero-order valence-electron chi connectivity index (χ0n) is 21.6. The average molecular weight is 534 g/mol. The maximum Gasteiger partial charge on any atom is 0.414 e. The molecule has 10 heteroatoms. The van der Waals surface area contributed by atoms with E-state index in [2.05, 4.69) is 10.6 Å². The van der Waals surface area contributed by atoms with E-state index in [9.17, 15) is 19.5 Å². The number of amides is 3. The van der Waals surface area contributed by atoms with Crippen molar-refractivity contribution in [3.8, 4) is 11.5 Å². The summed E-state index contributed by atoms with van der Waals surface area (Å²) < 4.78 is 16.3. The summed E-state index contributed by atoms with van der Waals surface area (Å²) in [4.78, 5) is 37.4. The van der Waals surface area contributed by atoms with E-state index >= 15 is 0 Å². The fourth-order valence-corrected chi connectivity index (χ4v) is 3.77. The van der Waals surface area contributed by atoms with Crippen LogP contribution in [-0.4, -0.2) is 43.3 Å². The van der Waals surface area contributed by atoms with E-state index in [4.69, 9.17) is 19.9 Å². The zero-order chi connectivity index (χ0) is 28.2. The van der Waals surface area contributed by atoms with E-state index in [0.29, 0.717) is 29.8 Å². The van der Waals surface area contributed by atoms with Crippen LogP contribution in [0.1, 0.15) is 34.9 Å². The van der Waals surface area contributed by atoms with Crippen molar-refractivity contribution in [1.82, 2.24) is 5.32 Å². The first kappa shape index (κ1) is 28.7. The number of rotatable bonds is 11. The van der Waals surface area contributed by atoms with Crippen molar-refractivity contribution in [1.29, 1.82) is 0 Å². The summed E-state index contributed by atoms with van der Waals surface area (Å²) in [6.45, 7) is 0. The molecule has 0 saturated carbocycles. The van der Waals surface area contributed by atoms with Crippen LogP contribution in [0.15, 0.2) is 84.9 Å². The Morgan fingerprint density at radius 1 is 1.00 bits per heavy atom. The van der Waals surface area contributed by atoms with E-state index in [1.807, 2.05) is 0 Å². The molecule has 0 aliphatic rings. The second-order valence-corrected chi connectivity index (χ2v) is 8.41. The molecule has 204 valence electrons. The van der Waals surface area contributed by atoms with Gasteiger partial charge in [-0.15, -0.1) is 0 Å². The van der Waals surface area contributed by atoms with Crippen molar-refractivity contribution in [3.63, 3.8) is 0 Å². The van der Waals surface area contributed by atoms with Crippen LogP contribution in [0.25, 0.3) is 0 Å². The van der Waals surface area contributed by atoms with Gasteiger partial charge in [0, 0.05) is 12.7 Å². The van der Waals surface area contributed by atoms with Gasteiger partial charge in [0.1, 0.15) is 0 Å². The summed E-state index contributed by atoms with van der Waals surface area (Å²) in [5, 5.41) is 15.2. The molecule has 0 radical (unpaired) electrons. The monoisotopic (exact) mass is 533 g/mol. The molecule has 0 spiro atoms. The molecule has 0 unspecified atom stereocenters. The number of aromatic hydroxyl groups is 1. The van der Waals surface area contributed by atoms with Gasteiger partial charge in [-0.3, -0.25) is 14.9 Å². The third-order valence-electron chi connectivity index (χ3n) is 5.76. The number of anilines is 2. The van der Waals surface area contributed by atoms with E-state index in [1.165, 1.54) is 32.4 Å². The molecule has 0 aromatic heterocycles. The first-order chi connectivity index (χ1) is 18.8. The number of para-hydroxylation sites is 2. The molecule has 0 bridgehead atoms. The SMILES string of the molecule is COc1ccc([C@@H](OC(=O)NC(=O)c2ccccc2)[C@@H](CC/C=C/C(=O)Nc2ccccc2N)OC)cc1O. The first-order valence-corrected chi connectivity index (χ1v) is 12.1. The smallest absolute Gasteiger partial charge is 0.414 e. The fourth-order valence-electron chi connectivity index (χ4n) is 3.77. The lowest BCUT2D eigenvalue weighted by atomic mass is 9.99. The summed E-state index contributed by atoms with van der Waals surface area (Å²) in [5.74, 6) is -0.897. The molecule has 5 N–H and O–H groups in total. The van der Waals surface area contributed by atoms with Crippen LogP contribution in [0, 0.1) is 0 Å². The van der Waals surface area contributed by atoms with Crippen molar-refractivity contribution in [3.05, 3.63) is 96.1 Å². The van der Waals surface area contributed by atoms with Crippen LogP contribution in [0.3, 0.4) is 0 Å². The predicted molar refractivity (Wildman–Crippen MR) is 146 cm³/mol. The number of methoxy groups -OCH3 is 2. The highest BCUT2D eigenvalue weighted by Gasteiger charge is 2.28. The minimum Gasteiger partial charge on any atom is -0.504 e. The quantitative estimate of drug-likeness (QED) is 0.207. The summed E-state index contributed by atoms with van der Waals surface area (Å²) in [6, 6.07) is 19.7. The van der Waals surface area contributed by atoms with Gasteiger partial charge >= 0.3 is 6.09 Å². The molecular formula is C29H31N3O7. The highest BCUT2D eigenvalue weighted by molar-refractivity contribution is 6.03.